The summed E-state index contributed by atoms with van der Waals surface area (Å²) in [5, 5.41) is 11.2. The van der Waals surface area contributed by atoms with Gasteiger partial charge in [0, 0.05) is 19.4 Å². The maximum atomic E-state index is 12.5. The molecule has 1 aromatic heterocycles. The summed E-state index contributed by atoms with van der Waals surface area (Å²) in [6, 6.07) is 26.1. The third-order valence-corrected chi connectivity index (χ3v) is 7.33. The van der Waals surface area contributed by atoms with Crippen molar-refractivity contribution in [1.29, 1.82) is 0 Å². The summed E-state index contributed by atoms with van der Waals surface area (Å²) in [6.07, 6.45) is -2.59. The maximum Gasteiger partial charge on any atom is 0.330 e. The molecule has 214 valence electrons. The largest absolute Gasteiger partial charge is 0.497 e. The number of nitrogens with one attached hydrogen (secondary N) is 1. The Bertz CT molecular complexity index is 1570. The number of aliphatic hydroxyl groups is 1. The van der Waals surface area contributed by atoms with Gasteiger partial charge in [-0.05, 0) is 41.0 Å². The van der Waals surface area contributed by atoms with Gasteiger partial charge in [-0.3, -0.25) is 14.3 Å². The highest BCUT2D eigenvalue weighted by Crippen LogP contribution is 2.43. The van der Waals surface area contributed by atoms with E-state index in [9.17, 15) is 14.7 Å². The number of hydrogen-bond donors (Lipinski definition) is 2. The van der Waals surface area contributed by atoms with E-state index in [-0.39, 0.29) is 6.61 Å². The molecule has 3 unspecified atom stereocenters. The predicted molar refractivity (Wildman–Crippen MR) is 150 cm³/mol. The van der Waals surface area contributed by atoms with Crippen LogP contribution >= 0.6 is 0 Å². The zero-order valence-electron chi connectivity index (χ0n) is 22.9. The Morgan fingerprint density at radius 1 is 0.854 bits per heavy atom. The number of rotatable bonds is 10. The number of aromatic amines is 1. The third kappa shape index (κ3) is 5.42. The first-order valence-corrected chi connectivity index (χ1v) is 13.1. The normalized spacial score (nSPS) is 21.8. The number of nitrogens with zero attached hydrogens (tertiary/aromatic N) is 1. The van der Waals surface area contributed by atoms with Crippen LogP contribution in [0.4, 0.5) is 0 Å². The molecular formula is C31H32N2O8. The summed E-state index contributed by atoms with van der Waals surface area (Å²) in [6.45, 7) is -0.0756. The first-order valence-electron chi connectivity index (χ1n) is 13.1. The van der Waals surface area contributed by atoms with Crippen LogP contribution in [0.5, 0.6) is 11.5 Å². The molecule has 0 bridgehead atoms. The van der Waals surface area contributed by atoms with Crippen LogP contribution in [-0.2, 0) is 19.8 Å². The first kappa shape index (κ1) is 28.3. The molecule has 3 aromatic carbocycles. The fraction of sp³-hybridized carbons (Fsp3) is 0.290. The van der Waals surface area contributed by atoms with E-state index in [0.717, 1.165) is 16.7 Å². The van der Waals surface area contributed by atoms with Crippen molar-refractivity contribution in [2.24, 2.45) is 0 Å². The molecular weight excluding hydrogens is 528 g/mol. The second kappa shape index (κ2) is 12.1. The molecule has 2 N–H and O–H groups in total. The van der Waals surface area contributed by atoms with Crippen molar-refractivity contribution in [3.63, 3.8) is 0 Å². The topological polar surface area (TPSA) is 121 Å². The van der Waals surface area contributed by atoms with Gasteiger partial charge in [0.2, 0.25) is 0 Å². The minimum absolute atomic E-state index is 0.0756. The monoisotopic (exact) mass is 560 g/mol. The molecule has 0 aliphatic carbocycles. The van der Waals surface area contributed by atoms with Crippen LogP contribution in [0.3, 0.4) is 0 Å². The molecule has 0 saturated carbocycles. The average molecular weight is 561 g/mol. The maximum absolute atomic E-state index is 12.5. The van der Waals surface area contributed by atoms with Gasteiger partial charge in [0.05, 0.1) is 20.8 Å². The lowest BCUT2D eigenvalue weighted by Crippen LogP contribution is -2.40. The van der Waals surface area contributed by atoms with Crippen LogP contribution in [0, 0.1) is 0 Å². The highest BCUT2D eigenvalue weighted by Gasteiger charge is 2.47. The van der Waals surface area contributed by atoms with Gasteiger partial charge in [0.15, 0.2) is 6.23 Å². The van der Waals surface area contributed by atoms with Gasteiger partial charge in [-0.2, -0.15) is 0 Å². The summed E-state index contributed by atoms with van der Waals surface area (Å²) in [5.41, 5.74) is 0.0678. The minimum atomic E-state index is -1.15. The Hall–Kier alpha value is -4.22. The van der Waals surface area contributed by atoms with Crippen molar-refractivity contribution in [3.8, 4) is 11.5 Å². The summed E-state index contributed by atoms with van der Waals surface area (Å²) >= 11 is 0. The van der Waals surface area contributed by atoms with Crippen molar-refractivity contribution in [1.82, 2.24) is 9.55 Å². The molecule has 10 nitrogen and oxygen atoms in total. The summed E-state index contributed by atoms with van der Waals surface area (Å²) < 4.78 is 30.7. The standard InChI is InChI=1S/C31H32N2O8/c1-37-23-14-12-21(13-15-23)31(20-8-5-4-6-9-20,22-10-7-11-24(18-22)38-2)40-19-25-27(35)28(39-3)29(41-25)33-17-16-26(34)32-30(33)36/h4-18,25,27-29,35H,19H2,1-3H3,(H,32,34,36)/t25-,27?,28?,29-,31?/m1/s1. The van der Waals surface area contributed by atoms with E-state index < -0.39 is 41.4 Å². The van der Waals surface area contributed by atoms with Gasteiger partial charge in [0.1, 0.15) is 35.4 Å². The fourth-order valence-electron chi connectivity index (χ4n) is 5.26. The van der Waals surface area contributed by atoms with Crippen molar-refractivity contribution < 1.29 is 28.8 Å². The van der Waals surface area contributed by atoms with Crippen molar-refractivity contribution in [3.05, 3.63) is 129 Å². The molecule has 1 aliphatic rings. The molecule has 5 rings (SSSR count). The molecule has 41 heavy (non-hydrogen) atoms. The number of H-pyrrole nitrogens is 1. The zero-order valence-corrected chi connectivity index (χ0v) is 22.9. The molecule has 10 heteroatoms. The van der Waals surface area contributed by atoms with E-state index in [4.69, 9.17) is 23.7 Å². The number of aromatic nitrogens is 2. The highest BCUT2D eigenvalue weighted by atomic mass is 16.6. The molecule has 4 aromatic rings. The van der Waals surface area contributed by atoms with Crippen LogP contribution < -0.4 is 20.7 Å². The van der Waals surface area contributed by atoms with Crippen LogP contribution in [0.25, 0.3) is 0 Å². The number of methoxy groups -OCH3 is 3. The van der Waals surface area contributed by atoms with Gasteiger partial charge in [-0.25, -0.2) is 4.79 Å². The van der Waals surface area contributed by atoms with Gasteiger partial charge >= 0.3 is 5.69 Å². The van der Waals surface area contributed by atoms with E-state index in [2.05, 4.69) is 4.98 Å². The molecule has 1 fully saturated rings. The molecule has 0 amide bonds. The van der Waals surface area contributed by atoms with E-state index in [1.165, 1.54) is 23.9 Å². The van der Waals surface area contributed by atoms with Crippen LogP contribution in [0.15, 0.2) is 101 Å². The van der Waals surface area contributed by atoms with E-state index in [0.29, 0.717) is 11.5 Å². The molecule has 1 saturated heterocycles. The Labute approximate surface area is 236 Å². The van der Waals surface area contributed by atoms with Crippen LogP contribution in [0.2, 0.25) is 0 Å². The molecule has 0 spiro atoms. The van der Waals surface area contributed by atoms with E-state index >= 15 is 0 Å². The number of aliphatic hydroxyl groups excluding tert-OH is 1. The van der Waals surface area contributed by atoms with Crippen molar-refractivity contribution in [2.75, 3.05) is 27.9 Å². The Kier molecular flexibility index (Phi) is 8.36. The lowest BCUT2D eigenvalue weighted by molar-refractivity contribution is -0.0967. The summed E-state index contributed by atoms with van der Waals surface area (Å²) in [5.74, 6) is 1.34. The third-order valence-electron chi connectivity index (χ3n) is 7.33. The Morgan fingerprint density at radius 3 is 2.20 bits per heavy atom. The lowest BCUT2D eigenvalue weighted by Gasteiger charge is -2.37. The fourth-order valence-corrected chi connectivity index (χ4v) is 5.26. The SMILES string of the molecule is COc1ccc(C(OC[C@H]2O[C@@H](n3ccc(=O)[nH]c3=O)C(OC)C2O)(c2ccccc2)c2cccc(OC)c2)cc1. The molecule has 5 atom stereocenters. The van der Waals surface area contributed by atoms with Crippen molar-refractivity contribution in [2.45, 2.75) is 30.1 Å². The zero-order chi connectivity index (χ0) is 29.0. The molecule has 2 heterocycles. The highest BCUT2D eigenvalue weighted by molar-refractivity contribution is 5.50. The van der Waals surface area contributed by atoms with Crippen molar-refractivity contribution >= 4 is 0 Å². The number of ether oxygens (including phenoxy) is 5. The van der Waals surface area contributed by atoms with Crippen LogP contribution in [-0.4, -0.2) is 60.9 Å². The minimum Gasteiger partial charge on any atom is -0.497 e. The van der Waals surface area contributed by atoms with E-state index in [1.807, 2.05) is 78.9 Å². The number of hydrogen-bond acceptors (Lipinski definition) is 8. The van der Waals surface area contributed by atoms with Crippen LogP contribution in [0.1, 0.15) is 22.9 Å². The van der Waals surface area contributed by atoms with Gasteiger partial charge in [0.25, 0.3) is 5.56 Å². The van der Waals surface area contributed by atoms with Gasteiger partial charge in [-0.1, -0.05) is 54.6 Å². The summed E-state index contributed by atoms with van der Waals surface area (Å²) in [7, 11) is 4.63. The smallest absolute Gasteiger partial charge is 0.330 e. The number of benzene rings is 3. The van der Waals surface area contributed by atoms with Gasteiger partial charge < -0.3 is 28.8 Å². The Balaban J connectivity index is 1.58. The van der Waals surface area contributed by atoms with E-state index in [1.54, 1.807) is 14.2 Å². The summed E-state index contributed by atoms with van der Waals surface area (Å²) in [4.78, 5) is 26.3. The lowest BCUT2D eigenvalue weighted by atomic mass is 9.80. The Morgan fingerprint density at radius 2 is 1.54 bits per heavy atom. The predicted octanol–water partition coefficient (Wildman–Crippen LogP) is 2.84. The quantitative estimate of drug-likeness (QED) is 0.284. The first-order chi connectivity index (χ1) is 19.9. The second-order valence-electron chi connectivity index (χ2n) is 9.59. The second-order valence-corrected chi connectivity index (χ2v) is 9.59. The average Bonchev–Trinajstić information content (AvgIpc) is 3.33. The van der Waals surface area contributed by atoms with Gasteiger partial charge in [-0.15, -0.1) is 0 Å². The molecule has 0 radical (unpaired) electrons. The molecule has 1 aliphatic heterocycles.